The van der Waals surface area contributed by atoms with Gasteiger partial charge < -0.3 is 0 Å². The Balaban J connectivity index is 2.50. The van der Waals surface area contributed by atoms with Crippen molar-refractivity contribution in [3.63, 3.8) is 0 Å². The second-order valence-corrected chi connectivity index (χ2v) is 5.11. The van der Waals surface area contributed by atoms with E-state index >= 15 is 0 Å². The Morgan fingerprint density at radius 1 is 1.11 bits per heavy atom. The molecule has 2 bridgehead atoms. The smallest absolute Gasteiger partial charge is 0.177 e. The van der Waals surface area contributed by atoms with E-state index in [2.05, 4.69) is 0 Å². The number of carbonyl (C=O) groups is 3. The maximum absolute atomic E-state index is 12.4. The zero-order valence-electron chi connectivity index (χ0n) is 10.8. The van der Waals surface area contributed by atoms with Crippen molar-refractivity contribution in [1.29, 1.82) is 0 Å². The van der Waals surface area contributed by atoms with E-state index in [1.807, 2.05) is 0 Å². The van der Waals surface area contributed by atoms with Crippen LogP contribution >= 0.6 is 0 Å². The largest absolute Gasteiger partial charge is 0.298 e. The van der Waals surface area contributed by atoms with E-state index < -0.39 is 5.41 Å². The number of fused-ring (bicyclic) bond motifs is 2. The summed E-state index contributed by atoms with van der Waals surface area (Å²) in [4.78, 5) is 37.1. The minimum absolute atomic E-state index is 0.0848. The maximum atomic E-state index is 12.4. The van der Waals surface area contributed by atoms with Gasteiger partial charge in [0.2, 0.25) is 0 Å². The van der Waals surface area contributed by atoms with Crippen LogP contribution in [0.15, 0.2) is 24.3 Å². The SMILES string of the molecule is C/C=C/C(=O)C1(C(=O)/C=C/C)C(=O)C2CCC1C2. The second kappa shape index (κ2) is 4.63. The summed E-state index contributed by atoms with van der Waals surface area (Å²) in [6, 6.07) is 0. The van der Waals surface area contributed by atoms with E-state index in [9.17, 15) is 14.4 Å². The fourth-order valence-electron chi connectivity index (χ4n) is 3.47. The molecule has 2 atom stereocenters. The van der Waals surface area contributed by atoms with Crippen LogP contribution in [0.2, 0.25) is 0 Å². The molecule has 3 heteroatoms. The first-order valence-electron chi connectivity index (χ1n) is 6.47. The molecule has 3 nitrogen and oxygen atoms in total. The molecule has 2 saturated carbocycles. The molecule has 0 heterocycles. The molecule has 0 aromatic rings. The Hall–Kier alpha value is -1.51. The highest BCUT2D eigenvalue weighted by Crippen LogP contribution is 2.54. The van der Waals surface area contributed by atoms with Gasteiger partial charge in [-0.2, -0.15) is 0 Å². The zero-order valence-corrected chi connectivity index (χ0v) is 10.8. The third-order valence-electron chi connectivity index (χ3n) is 4.22. The van der Waals surface area contributed by atoms with Gasteiger partial charge in [0, 0.05) is 5.92 Å². The average molecular weight is 246 g/mol. The van der Waals surface area contributed by atoms with Crippen molar-refractivity contribution in [1.82, 2.24) is 0 Å². The summed E-state index contributed by atoms with van der Waals surface area (Å²) in [5, 5.41) is 0. The molecule has 0 spiro atoms. The third-order valence-corrected chi connectivity index (χ3v) is 4.22. The Morgan fingerprint density at radius 3 is 2.06 bits per heavy atom. The van der Waals surface area contributed by atoms with Gasteiger partial charge in [0.05, 0.1) is 0 Å². The number of hydrogen-bond acceptors (Lipinski definition) is 3. The molecule has 0 N–H and O–H groups in total. The predicted molar refractivity (Wildman–Crippen MR) is 67.9 cm³/mol. The van der Waals surface area contributed by atoms with Crippen molar-refractivity contribution < 1.29 is 14.4 Å². The number of carbonyl (C=O) groups excluding carboxylic acids is 3. The van der Waals surface area contributed by atoms with Gasteiger partial charge in [0.15, 0.2) is 22.8 Å². The molecular weight excluding hydrogens is 228 g/mol. The van der Waals surface area contributed by atoms with Crippen molar-refractivity contribution >= 4 is 17.3 Å². The summed E-state index contributed by atoms with van der Waals surface area (Å²) in [5.74, 6) is -0.985. The first-order valence-corrected chi connectivity index (χ1v) is 6.47. The van der Waals surface area contributed by atoms with Gasteiger partial charge in [-0.15, -0.1) is 0 Å². The van der Waals surface area contributed by atoms with E-state index in [-0.39, 0.29) is 29.2 Å². The lowest BCUT2D eigenvalue weighted by molar-refractivity contribution is -0.148. The minimum atomic E-state index is -1.40. The molecular formula is C15H18O3. The summed E-state index contributed by atoms with van der Waals surface area (Å²) in [6.45, 7) is 3.45. The summed E-state index contributed by atoms with van der Waals surface area (Å²) in [7, 11) is 0. The van der Waals surface area contributed by atoms with Gasteiger partial charge >= 0.3 is 0 Å². The van der Waals surface area contributed by atoms with Gasteiger partial charge in [-0.05, 0) is 51.2 Å². The highest BCUT2D eigenvalue weighted by atomic mass is 16.2. The fraction of sp³-hybridized carbons (Fsp3) is 0.533. The van der Waals surface area contributed by atoms with Crippen LogP contribution in [0.25, 0.3) is 0 Å². The molecule has 0 saturated heterocycles. The van der Waals surface area contributed by atoms with Crippen LogP contribution in [0.4, 0.5) is 0 Å². The molecule has 2 fully saturated rings. The predicted octanol–water partition coefficient (Wildman–Crippen LogP) is 2.26. The van der Waals surface area contributed by atoms with Gasteiger partial charge in [0.1, 0.15) is 0 Å². The standard InChI is InChI=1S/C15H18O3/c1-3-5-12(16)15(13(17)6-4-2)11-8-7-10(9-11)14(15)18/h3-6,10-11H,7-9H2,1-2H3/b5-3+,6-4+. The summed E-state index contributed by atoms with van der Waals surface area (Å²) < 4.78 is 0. The van der Waals surface area contributed by atoms with Crippen LogP contribution in [0.1, 0.15) is 33.1 Å². The van der Waals surface area contributed by atoms with Crippen molar-refractivity contribution in [2.24, 2.45) is 17.3 Å². The Labute approximate surface area is 107 Å². The van der Waals surface area contributed by atoms with E-state index in [1.54, 1.807) is 26.0 Å². The van der Waals surface area contributed by atoms with E-state index in [1.165, 1.54) is 12.2 Å². The molecule has 0 amide bonds. The normalized spacial score (nSPS) is 29.6. The van der Waals surface area contributed by atoms with E-state index in [4.69, 9.17) is 0 Å². The molecule has 0 aromatic carbocycles. The van der Waals surface area contributed by atoms with Gasteiger partial charge in [-0.25, -0.2) is 0 Å². The van der Waals surface area contributed by atoms with Crippen molar-refractivity contribution in [3.05, 3.63) is 24.3 Å². The molecule has 0 aliphatic heterocycles. The van der Waals surface area contributed by atoms with Gasteiger partial charge in [0.25, 0.3) is 0 Å². The average Bonchev–Trinajstić information content (AvgIpc) is 2.89. The quantitative estimate of drug-likeness (QED) is 0.564. The molecule has 0 radical (unpaired) electrons. The molecule has 18 heavy (non-hydrogen) atoms. The summed E-state index contributed by atoms with van der Waals surface area (Å²) >= 11 is 0. The lowest BCUT2D eigenvalue weighted by Crippen LogP contribution is -2.49. The molecule has 96 valence electrons. The Bertz CT molecular complexity index is 432. The van der Waals surface area contributed by atoms with Gasteiger partial charge in [-0.3, -0.25) is 14.4 Å². The monoisotopic (exact) mass is 246 g/mol. The lowest BCUT2D eigenvalue weighted by Gasteiger charge is -2.31. The Kier molecular flexibility index (Phi) is 3.33. The highest BCUT2D eigenvalue weighted by molar-refractivity contribution is 6.31. The topological polar surface area (TPSA) is 51.2 Å². The van der Waals surface area contributed by atoms with Crippen LogP contribution in [0.3, 0.4) is 0 Å². The first-order chi connectivity index (χ1) is 8.58. The van der Waals surface area contributed by atoms with Gasteiger partial charge in [-0.1, -0.05) is 12.2 Å². The number of rotatable bonds is 4. The number of hydrogen-bond donors (Lipinski definition) is 0. The summed E-state index contributed by atoms with van der Waals surface area (Å²) in [6.07, 6.45) is 8.30. The van der Waals surface area contributed by atoms with Crippen molar-refractivity contribution in [2.45, 2.75) is 33.1 Å². The van der Waals surface area contributed by atoms with Crippen molar-refractivity contribution in [3.8, 4) is 0 Å². The summed E-state index contributed by atoms with van der Waals surface area (Å²) in [5.41, 5.74) is -1.40. The van der Waals surface area contributed by atoms with Crippen LogP contribution in [0.5, 0.6) is 0 Å². The number of allylic oxidation sites excluding steroid dienone is 4. The van der Waals surface area contributed by atoms with Crippen molar-refractivity contribution in [2.75, 3.05) is 0 Å². The van der Waals surface area contributed by atoms with Crippen LogP contribution in [-0.2, 0) is 14.4 Å². The lowest BCUT2D eigenvalue weighted by atomic mass is 9.66. The van der Waals surface area contributed by atoms with E-state index in [0.29, 0.717) is 6.42 Å². The molecule has 0 aromatic heterocycles. The molecule has 2 aliphatic rings. The number of Topliss-reactive ketones (excluding diaryl/α,β-unsaturated/α-hetero) is 1. The minimum Gasteiger partial charge on any atom is -0.298 e. The second-order valence-electron chi connectivity index (χ2n) is 5.11. The van der Waals surface area contributed by atoms with E-state index in [0.717, 1.165) is 12.8 Å². The molecule has 2 rings (SSSR count). The number of ketones is 3. The third kappa shape index (κ3) is 1.53. The fourth-order valence-corrected chi connectivity index (χ4v) is 3.47. The molecule has 2 unspecified atom stereocenters. The van der Waals surface area contributed by atoms with Crippen LogP contribution in [0, 0.1) is 17.3 Å². The van der Waals surface area contributed by atoms with Crippen LogP contribution < -0.4 is 0 Å². The highest BCUT2D eigenvalue weighted by Gasteiger charge is 2.64. The zero-order chi connectivity index (χ0) is 13.3. The maximum Gasteiger partial charge on any atom is 0.177 e. The Morgan fingerprint density at radius 2 is 1.67 bits per heavy atom. The van der Waals surface area contributed by atoms with Crippen LogP contribution in [-0.4, -0.2) is 17.3 Å². The first kappa shape index (κ1) is 12.9. The molecule has 2 aliphatic carbocycles.